The first-order valence-corrected chi connectivity index (χ1v) is 7.85. The number of carbonyl (C=O) groups excluding carboxylic acids is 1. The molecule has 3 rings (SSSR count). The number of carbonyl (C=O) groups is 1. The zero-order valence-electron chi connectivity index (χ0n) is 14.9. The molecular weight excluding hydrogens is 322 g/mol. The zero-order valence-corrected chi connectivity index (χ0v) is 14.9. The second-order valence-electron chi connectivity index (χ2n) is 6.90. The number of nitrogens with zero attached hydrogens (tertiary/aromatic N) is 4. The molecule has 8 heteroatoms. The van der Waals surface area contributed by atoms with Gasteiger partial charge in [0, 0.05) is 32.7 Å². The summed E-state index contributed by atoms with van der Waals surface area (Å²) in [5, 5.41) is 7.18. The Morgan fingerprint density at radius 2 is 1.96 bits per heavy atom. The molecule has 0 spiro atoms. The zero-order chi connectivity index (χ0) is 18.4. The predicted octanol–water partition coefficient (Wildman–Crippen LogP) is 2.41. The number of aromatic nitrogens is 4. The molecule has 25 heavy (non-hydrogen) atoms. The lowest BCUT2D eigenvalue weighted by atomic mass is 10.2. The lowest BCUT2D eigenvalue weighted by Gasteiger charge is -2.19. The molecule has 8 nitrogen and oxygen atoms in total. The average molecular weight is 343 g/mol. The van der Waals surface area contributed by atoms with Crippen molar-refractivity contribution in [1.29, 1.82) is 0 Å². The number of aryl methyl sites for hydroxylation is 2. The number of anilines is 1. The van der Waals surface area contributed by atoms with Crippen molar-refractivity contribution in [2.75, 3.05) is 5.32 Å². The number of fused-ring (bicyclic) bond motifs is 1. The average Bonchev–Trinajstić information content (AvgIpc) is 3.02. The van der Waals surface area contributed by atoms with Crippen molar-refractivity contribution in [2.45, 2.75) is 26.4 Å². The van der Waals surface area contributed by atoms with Crippen LogP contribution in [-0.4, -0.2) is 30.6 Å². The van der Waals surface area contributed by atoms with Gasteiger partial charge in [-0.15, -0.1) is 0 Å². The number of hydrogen-bond donors (Lipinski definition) is 1. The first-order valence-electron chi connectivity index (χ1n) is 7.85. The molecule has 3 aromatic heterocycles. The van der Waals surface area contributed by atoms with Gasteiger partial charge in [-0.1, -0.05) is 0 Å². The van der Waals surface area contributed by atoms with Crippen molar-refractivity contribution < 1.29 is 9.53 Å². The van der Waals surface area contributed by atoms with Gasteiger partial charge in [0.2, 0.25) is 0 Å². The standard InChI is InChI=1S/C17H21N5O3/c1-17(2,3)25-16(24)19-12-10-20(4)13-6-7-22(15(23)14(12)13)11-8-18-21(5)9-11/h6-10H,1-5H3,(H,19,24). The van der Waals surface area contributed by atoms with Crippen LogP contribution in [-0.2, 0) is 18.8 Å². The minimum atomic E-state index is -0.620. The van der Waals surface area contributed by atoms with Gasteiger partial charge >= 0.3 is 6.09 Å². The summed E-state index contributed by atoms with van der Waals surface area (Å²) in [4.78, 5) is 25.0. The van der Waals surface area contributed by atoms with E-state index >= 15 is 0 Å². The van der Waals surface area contributed by atoms with Crippen molar-refractivity contribution in [3.05, 3.63) is 41.2 Å². The fourth-order valence-electron chi connectivity index (χ4n) is 2.65. The molecule has 1 N–H and O–H groups in total. The maximum Gasteiger partial charge on any atom is 0.412 e. The van der Waals surface area contributed by atoms with Crippen LogP contribution in [0.3, 0.4) is 0 Å². The van der Waals surface area contributed by atoms with E-state index in [1.54, 1.807) is 61.9 Å². The number of amides is 1. The van der Waals surface area contributed by atoms with Gasteiger partial charge in [-0.2, -0.15) is 5.10 Å². The van der Waals surface area contributed by atoms with Crippen molar-refractivity contribution in [3.8, 4) is 5.69 Å². The van der Waals surface area contributed by atoms with E-state index in [9.17, 15) is 9.59 Å². The molecule has 0 atom stereocenters. The molecular formula is C17H21N5O3. The monoisotopic (exact) mass is 343 g/mol. The van der Waals surface area contributed by atoms with Crippen LogP contribution in [0.2, 0.25) is 0 Å². The maximum absolute atomic E-state index is 13.0. The van der Waals surface area contributed by atoms with E-state index in [0.29, 0.717) is 16.8 Å². The molecule has 3 aromatic rings. The molecule has 0 aliphatic carbocycles. The summed E-state index contributed by atoms with van der Waals surface area (Å²) in [5.41, 5.74) is 0.926. The second-order valence-corrected chi connectivity index (χ2v) is 6.90. The fraction of sp³-hybridized carbons (Fsp3) is 0.353. The highest BCUT2D eigenvalue weighted by atomic mass is 16.6. The number of hydrogen-bond acceptors (Lipinski definition) is 4. The Hall–Kier alpha value is -3.03. The quantitative estimate of drug-likeness (QED) is 0.774. The Labute approximate surface area is 144 Å². The topological polar surface area (TPSA) is 83.1 Å². The minimum Gasteiger partial charge on any atom is -0.444 e. The van der Waals surface area contributed by atoms with Crippen LogP contribution in [0.15, 0.2) is 35.6 Å². The van der Waals surface area contributed by atoms with Gasteiger partial charge in [-0.05, 0) is 26.8 Å². The molecule has 0 aliphatic rings. The van der Waals surface area contributed by atoms with E-state index in [0.717, 1.165) is 5.52 Å². The molecule has 0 aromatic carbocycles. The first-order chi connectivity index (χ1) is 11.7. The third-order valence-electron chi connectivity index (χ3n) is 3.65. The highest BCUT2D eigenvalue weighted by Gasteiger charge is 2.20. The second kappa shape index (κ2) is 5.80. The summed E-state index contributed by atoms with van der Waals surface area (Å²) in [5.74, 6) is 0. The van der Waals surface area contributed by atoms with E-state index in [2.05, 4.69) is 10.4 Å². The molecule has 0 radical (unpaired) electrons. The lowest BCUT2D eigenvalue weighted by Crippen LogP contribution is -2.27. The summed E-state index contributed by atoms with van der Waals surface area (Å²) >= 11 is 0. The van der Waals surface area contributed by atoms with E-state index in [1.165, 1.54) is 4.57 Å². The van der Waals surface area contributed by atoms with Gasteiger partial charge in [-0.25, -0.2) is 4.79 Å². The number of ether oxygens (including phenoxy) is 1. The summed E-state index contributed by atoms with van der Waals surface area (Å²) in [6.07, 6.45) is 6.15. The fourth-order valence-corrected chi connectivity index (χ4v) is 2.65. The molecule has 0 saturated carbocycles. The van der Waals surface area contributed by atoms with Crippen molar-refractivity contribution in [1.82, 2.24) is 18.9 Å². The van der Waals surface area contributed by atoms with Crippen LogP contribution >= 0.6 is 0 Å². The number of nitrogens with one attached hydrogen (secondary N) is 1. The summed E-state index contributed by atoms with van der Waals surface area (Å²) < 4.78 is 10.2. The highest BCUT2D eigenvalue weighted by Crippen LogP contribution is 2.23. The van der Waals surface area contributed by atoms with Gasteiger partial charge in [0.15, 0.2) is 0 Å². The molecule has 0 saturated heterocycles. The van der Waals surface area contributed by atoms with Crippen LogP contribution in [0, 0.1) is 0 Å². The molecule has 0 unspecified atom stereocenters. The Kier molecular flexibility index (Phi) is 3.90. The number of rotatable bonds is 2. The third-order valence-corrected chi connectivity index (χ3v) is 3.65. The van der Waals surface area contributed by atoms with Crippen molar-refractivity contribution in [3.63, 3.8) is 0 Å². The van der Waals surface area contributed by atoms with Crippen LogP contribution in [0.5, 0.6) is 0 Å². The Morgan fingerprint density at radius 3 is 2.56 bits per heavy atom. The SMILES string of the molecule is Cn1cc(-n2ccc3c(c(NC(=O)OC(C)(C)C)cn3C)c2=O)cn1. The Bertz CT molecular complexity index is 1000. The van der Waals surface area contributed by atoms with E-state index < -0.39 is 11.7 Å². The minimum absolute atomic E-state index is 0.239. The van der Waals surface area contributed by atoms with Gasteiger partial charge in [0.1, 0.15) is 5.60 Å². The highest BCUT2D eigenvalue weighted by molar-refractivity contribution is 5.99. The van der Waals surface area contributed by atoms with Gasteiger partial charge < -0.3 is 9.30 Å². The molecule has 1 amide bonds. The van der Waals surface area contributed by atoms with E-state index in [1.807, 2.05) is 13.1 Å². The Balaban J connectivity index is 2.08. The van der Waals surface area contributed by atoms with E-state index in [-0.39, 0.29) is 5.56 Å². The smallest absolute Gasteiger partial charge is 0.412 e. The largest absolute Gasteiger partial charge is 0.444 e. The molecule has 0 aliphatic heterocycles. The van der Waals surface area contributed by atoms with Crippen LogP contribution < -0.4 is 10.9 Å². The summed E-state index contributed by atoms with van der Waals surface area (Å²) in [6.45, 7) is 5.35. The van der Waals surface area contributed by atoms with Gasteiger partial charge in [0.05, 0.1) is 28.5 Å². The summed E-state index contributed by atoms with van der Waals surface area (Å²) in [6, 6.07) is 1.82. The van der Waals surface area contributed by atoms with Crippen LogP contribution in [0.4, 0.5) is 10.5 Å². The maximum atomic E-state index is 13.0. The summed E-state index contributed by atoms with van der Waals surface area (Å²) in [7, 11) is 3.60. The van der Waals surface area contributed by atoms with E-state index in [4.69, 9.17) is 4.74 Å². The molecule has 0 bridgehead atoms. The van der Waals surface area contributed by atoms with Crippen molar-refractivity contribution >= 4 is 22.7 Å². The Morgan fingerprint density at radius 1 is 1.24 bits per heavy atom. The molecule has 3 heterocycles. The van der Waals surface area contributed by atoms with Crippen LogP contribution in [0.1, 0.15) is 20.8 Å². The predicted molar refractivity (Wildman–Crippen MR) is 95.1 cm³/mol. The first kappa shape index (κ1) is 16.8. The molecule has 0 fully saturated rings. The number of pyridine rings is 1. The van der Waals surface area contributed by atoms with Crippen LogP contribution in [0.25, 0.3) is 16.6 Å². The van der Waals surface area contributed by atoms with Crippen molar-refractivity contribution in [2.24, 2.45) is 14.1 Å². The third kappa shape index (κ3) is 3.28. The molecule has 132 valence electrons. The lowest BCUT2D eigenvalue weighted by molar-refractivity contribution is 0.0636. The van der Waals surface area contributed by atoms with Gasteiger partial charge in [0.25, 0.3) is 5.56 Å². The normalized spacial score (nSPS) is 11.7. The van der Waals surface area contributed by atoms with Gasteiger partial charge in [-0.3, -0.25) is 19.4 Å².